The highest BCUT2D eigenvalue weighted by Crippen LogP contribution is 2.31. The minimum Gasteiger partial charge on any atom is -0.373 e. The molecule has 0 aliphatic carbocycles. The molecule has 0 saturated carbocycles. The van der Waals surface area contributed by atoms with E-state index in [1.54, 1.807) is 0 Å². The van der Waals surface area contributed by atoms with Crippen LogP contribution < -0.4 is 9.80 Å². The molecule has 2 rings (SSSR count). The van der Waals surface area contributed by atoms with E-state index in [0.717, 1.165) is 30.9 Å². The van der Waals surface area contributed by atoms with Crippen LogP contribution in [0, 0.1) is 0 Å². The van der Waals surface area contributed by atoms with Crippen molar-refractivity contribution in [3.05, 3.63) is 24.3 Å². The molecule has 3 heteroatoms. The largest absolute Gasteiger partial charge is 0.373 e. The summed E-state index contributed by atoms with van der Waals surface area (Å²) in [4.78, 5) is 16.0. The van der Waals surface area contributed by atoms with Crippen LogP contribution in [0.15, 0.2) is 24.3 Å². The molecule has 1 aliphatic heterocycles. The molecule has 1 amide bonds. The van der Waals surface area contributed by atoms with Crippen molar-refractivity contribution in [3.8, 4) is 0 Å². The van der Waals surface area contributed by atoms with Crippen molar-refractivity contribution in [2.24, 2.45) is 0 Å². The summed E-state index contributed by atoms with van der Waals surface area (Å²) in [5.41, 5.74) is 2.20. The maximum Gasteiger partial charge on any atom is 0.226 e. The van der Waals surface area contributed by atoms with Gasteiger partial charge in [0.25, 0.3) is 0 Å². The Bertz CT molecular complexity index is 389. The molecule has 0 N–H and O–H groups in total. The number of carbonyl (C=O) groups is 1. The van der Waals surface area contributed by atoms with Gasteiger partial charge in [0.1, 0.15) is 0 Å². The summed E-state index contributed by atoms with van der Waals surface area (Å²) in [7, 11) is 2.08. The van der Waals surface area contributed by atoms with Crippen molar-refractivity contribution in [1.29, 1.82) is 0 Å². The smallest absolute Gasteiger partial charge is 0.226 e. The second-order valence-corrected chi connectivity index (χ2v) is 4.16. The van der Waals surface area contributed by atoms with Gasteiger partial charge < -0.3 is 9.80 Å². The third kappa shape index (κ3) is 1.90. The number of anilines is 2. The lowest BCUT2D eigenvalue weighted by Crippen LogP contribution is -2.30. The Kier molecular flexibility index (Phi) is 3.13. The van der Waals surface area contributed by atoms with E-state index < -0.39 is 0 Å². The lowest BCUT2D eigenvalue weighted by atomic mass is 10.2. The van der Waals surface area contributed by atoms with Crippen LogP contribution in [0.2, 0.25) is 0 Å². The van der Waals surface area contributed by atoms with Gasteiger partial charge in [-0.1, -0.05) is 19.1 Å². The number of rotatable bonds is 1. The standard InChI is InChI=1S/C13H18N2O/c1-3-13(16)15-10-6-9-14(2)11-7-4-5-8-12(11)15/h4-5,7-8H,3,6,9-10H2,1-2H3. The van der Waals surface area contributed by atoms with E-state index in [1.807, 2.05) is 30.0 Å². The van der Waals surface area contributed by atoms with Gasteiger partial charge in [0.05, 0.1) is 11.4 Å². The molecule has 86 valence electrons. The molecule has 0 fully saturated rings. The number of hydrogen-bond acceptors (Lipinski definition) is 2. The Labute approximate surface area is 96.7 Å². The second kappa shape index (κ2) is 4.56. The molecule has 0 atom stereocenters. The molecule has 3 nitrogen and oxygen atoms in total. The molecule has 0 aromatic heterocycles. The topological polar surface area (TPSA) is 23.6 Å². The van der Waals surface area contributed by atoms with E-state index in [4.69, 9.17) is 0 Å². The molecule has 1 aliphatic rings. The van der Waals surface area contributed by atoms with E-state index in [2.05, 4.69) is 18.0 Å². The number of benzene rings is 1. The van der Waals surface area contributed by atoms with E-state index in [1.165, 1.54) is 0 Å². The number of fused-ring (bicyclic) bond motifs is 1. The highest BCUT2D eigenvalue weighted by Gasteiger charge is 2.21. The van der Waals surface area contributed by atoms with Crippen molar-refractivity contribution in [2.75, 3.05) is 29.9 Å². The average Bonchev–Trinajstić information content (AvgIpc) is 2.49. The number of amides is 1. The summed E-state index contributed by atoms with van der Waals surface area (Å²) in [6.07, 6.45) is 1.59. The van der Waals surface area contributed by atoms with Gasteiger partial charge in [0.2, 0.25) is 5.91 Å². The first-order chi connectivity index (χ1) is 7.74. The van der Waals surface area contributed by atoms with Gasteiger partial charge in [0.15, 0.2) is 0 Å². The van der Waals surface area contributed by atoms with Crippen molar-refractivity contribution in [3.63, 3.8) is 0 Å². The predicted octanol–water partition coefficient (Wildman–Crippen LogP) is 2.27. The Morgan fingerprint density at radius 2 is 1.94 bits per heavy atom. The van der Waals surface area contributed by atoms with E-state index in [-0.39, 0.29) is 5.91 Å². The Balaban J connectivity index is 2.42. The molecule has 1 heterocycles. The zero-order chi connectivity index (χ0) is 11.5. The van der Waals surface area contributed by atoms with Gasteiger partial charge in [-0.3, -0.25) is 4.79 Å². The Morgan fingerprint density at radius 1 is 1.25 bits per heavy atom. The number of hydrogen-bond donors (Lipinski definition) is 0. The summed E-state index contributed by atoms with van der Waals surface area (Å²) < 4.78 is 0. The van der Waals surface area contributed by atoms with E-state index >= 15 is 0 Å². The van der Waals surface area contributed by atoms with Crippen LogP contribution in [0.25, 0.3) is 0 Å². The first-order valence-corrected chi connectivity index (χ1v) is 5.84. The third-order valence-corrected chi connectivity index (χ3v) is 3.06. The van der Waals surface area contributed by atoms with E-state index in [9.17, 15) is 4.79 Å². The normalized spacial score (nSPS) is 15.6. The van der Waals surface area contributed by atoms with Crippen molar-refractivity contribution in [2.45, 2.75) is 19.8 Å². The van der Waals surface area contributed by atoms with Crippen LogP contribution in [0.3, 0.4) is 0 Å². The quantitative estimate of drug-likeness (QED) is 0.722. The first kappa shape index (κ1) is 11.0. The Morgan fingerprint density at radius 3 is 2.62 bits per heavy atom. The minimum absolute atomic E-state index is 0.211. The summed E-state index contributed by atoms with van der Waals surface area (Å²) in [6, 6.07) is 8.13. The molecule has 0 bridgehead atoms. The summed E-state index contributed by atoms with van der Waals surface area (Å²) in [5.74, 6) is 0.211. The van der Waals surface area contributed by atoms with Gasteiger partial charge in [-0.15, -0.1) is 0 Å². The molecule has 0 spiro atoms. The van der Waals surface area contributed by atoms with Crippen molar-refractivity contribution < 1.29 is 4.79 Å². The highest BCUT2D eigenvalue weighted by molar-refractivity contribution is 5.96. The fourth-order valence-electron chi connectivity index (χ4n) is 2.17. The van der Waals surface area contributed by atoms with Gasteiger partial charge in [-0.2, -0.15) is 0 Å². The summed E-state index contributed by atoms with van der Waals surface area (Å²) in [5, 5.41) is 0. The zero-order valence-electron chi connectivity index (χ0n) is 9.94. The lowest BCUT2D eigenvalue weighted by Gasteiger charge is -2.23. The SMILES string of the molecule is CCC(=O)N1CCCN(C)c2ccccc21. The van der Waals surface area contributed by atoms with Crippen molar-refractivity contribution >= 4 is 17.3 Å². The number of para-hydroxylation sites is 2. The maximum atomic E-state index is 11.9. The van der Waals surface area contributed by atoms with Gasteiger partial charge in [0, 0.05) is 26.6 Å². The fraction of sp³-hybridized carbons (Fsp3) is 0.462. The minimum atomic E-state index is 0.211. The van der Waals surface area contributed by atoms with Crippen LogP contribution in [0.1, 0.15) is 19.8 Å². The van der Waals surface area contributed by atoms with Gasteiger partial charge in [-0.25, -0.2) is 0 Å². The van der Waals surface area contributed by atoms with Crippen LogP contribution in [-0.2, 0) is 4.79 Å². The zero-order valence-corrected chi connectivity index (χ0v) is 9.94. The molecule has 0 unspecified atom stereocenters. The number of carbonyl (C=O) groups excluding carboxylic acids is 1. The van der Waals surface area contributed by atoms with Crippen LogP contribution >= 0.6 is 0 Å². The van der Waals surface area contributed by atoms with E-state index in [0.29, 0.717) is 6.42 Å². The van der Waals surface area contributed by atoms with Gasteiger partial charge >= 0.3 is 0 Å². The highest BCUT2D eigenvalue weighted by atomic mass is 16.2. The first-order valence-electron chi connectivity index (χ1n) is 5.84. The summed E-state index contributed by atoms with van der Waals surface area (Å²) >= 11 is 0. The average molecular weight is 218 g/mol. The molecule has 1 aromatic carbocycles. The third-order valence-electron chi connectivity index (χ3n) is 3.06. The van der Waals surface area contributed by atoms with Gasteiger partial charge in [-0.05, 0) is 18.6 Å². The fourth-order valence-corrected chi connectivity index (χ4v) is 2.17. The predicted molar refractivity (Wildman–Crippen MR) is 67.0 cm³/mol. The molecule has 1 aromatic rings. The van der Waals surface area contributed by atoms with Crippen LogP contribution in [0.4, 0.5) is 11.4 Å². The summed E-state index contributed by atoms with van der Waals surface area (Å²) in [6.45, 7) is 3.75. The van der Waals surface area contributed by atoms with Crippen LogP contribution in [0.5, 0.6) is 0 Å². The monoisotopic (exact) mass is 218 g/mol. The van der Waals surface area contributed by atoms with Crippen molar-refractivity contribution in [1.82, 2.24) is 0 Å². The Hall–Kier alpha value is -1.51. The molecular weight excluding hydrogens is 200 g/mol. The molecule has 0 saturated heterocycles. The molecule has 0 radical (unpaired) electrons. The molecule has 16 heavy (non-hydrogen) atoms. The van der Waals surface area contributed by atoms with Crippen LogP contribution in [-0.4, -0.2) is 26.0 Å². The maximum absolute atomic E-state index is 11.9. The second-order valence-electron chi connectivity index (χ2n) is 4.16. The molecular formula is C13H18N2O. The lowest BCUT2D eigenvalue weighted by molar-refractivity contribution is -0.118. The number of nitrogens with zero attached hydrogens (tertiary/aromatic N) is 2.